The molecule has 1 N–H and O–H groups in total. The van der Waals surface area contributed by atoms with Crippen LogP contribution < -0.4 is 4.72 Å². The Hall–Kier alpha value is -3.62. The van der Waals surface area contributed by atoms with Crippen LogP contribution in [-0.4, -0.2) is 36.4 Å². The molecule has 0 radical (unpaired) electrons. The van der Waals surface area contributed by atoms with Gasteiger partial charge >= 0.3 is 5.97 Å². The van der Waals surface area contributed by atoms with Crippen molar-refractivity contribution >= 4 is 41.4 Å². The van der Waals surface area contributed by atoms with Crippen molar-refractivity contribution in [2.24, 2.45) is 0 Å². The van der Waals surface area contributed by atoms with Crippen LogP contribution in [0.15, 0.2) is 78.0 Å². The highest BCUT2D eigenvalue weighted by atomic mass is 32.2. The minimum atomic E-state index is -0.360. The first-order valence-electron chi connectivity index (χ1n) is 10.9. The zero-order chi connectivity index (χ0) is 24.8. The lowest BCUT2D eigenvalue weighted by Crippen LogP contribution is -2.15. The third-order valence-electron chi connectivity index (χ3n) is 5.40. The average molecular weight is 504 g/mol. The highest BCUT2D eigenvalue weighted by Gasteiger charge is 2.10. The number of ether oxygens (including phenoxy) is 1. The fraction of sp³-hybridized carbons (Fsp3) is 0.148. The van der Waals surface area contributed by atoms with Crippen LogP contribution in [0.2, 0.25) is 0 Å². The molecule has 0 aliphatic heterocycles. The number of nitrogens with zero attached hydrogens (tertiary/aromatic N) is 2. The maximum atomic E-state index is 11.8. The lowest BCUT2D eigenvalue weighted by molar-refractivity contribution is -0.117. The number of carbonyl (C=O) groups is 2. The van der Waals surface area contributed by atoms with Crippen LogP contribution in [-0.2, 0) is 16.1 Å². The number of pyridine rings is 1. The van der Waals surface area contributed by atoms with Gasteiger partial charge in [-0.05, 0) is 78.0 Å². The number of carbonyl (C=O) groups excluding carboxylic acids is 2. The summed E-state index contributed by atoms with van der Waals surface area (Å²) in [6.07, 6.45) is 4.46. The number of nitrogens with one attached hydrogen (secondary N) is 1. The van der Waals surface area contributed by atoms with Gasteiger partial charge in [-0.1, -0.05) is 18.2 Å². The van der Waals surface area contributed by atoms with Gasteiger partial charge in [-0.15, -0.1) is 11.3 Å². The fourth-order valence-electron chi connectivity index (χ4n) is 3.50. The van der Waals surface area contributed by atoms with Crippen molar-refractivity contribution in [1.82, 2.24) is 9.88 Å². The number of aromatic nitrogens is 1. The highest BCUT2D eigenvalue weighted by Crippen LogP contribution is 2.36. The van der Waals surface area contributed by atoms with Gasteiger partial charge < -0.3 is 14.4 Å². The summed E-state index contributed by atoms with van der Waals surface area (Å²) in [6.45, 7) is 2.64. The molecule has 0 fully saturated rings. The first kappa shape index (κ1) is 24.5. The first-order valence-corrected chi connectivity index (χ1v) is 12.5. The van der Waals surface area contributed by atoms with Gasteiger partial charge in [0.05, 0.1) is 24.6 Å². The molecule has 0 aliphatic rings. The van der Waals surface area contributed by atoms with E-state index in [1.54, 1.807) is 41.6 Å². The van der Waals surface area contributed by atoms with Crippen molar-refractivity contribution in [3.05, 3.63) is 89.7 Å². The standard InChI is InChI=1S/C27H25N3O3S2/c1-18-7-8-19(11-22(18)16-30(2)17-31)25-9-10-26(34-25)21-12-23(15-28-14-21)29-35-24-6-4-5-20(13-24)27(32)33-3/h4-15,17,29H,16H2,1-3H3. The largest absolute Gasteiger partial charge is 0.465 e. The SMILES string of the molecule is COC(=O)c1cccc(SNc2cncc(-c3ccc(-c4ccc(C)c(CN(C)C=O)c4)s3)c2)c1. The summed E-state index contributed by atoms with van der Waals surface area (Å²) in [4.78, 5) is 32.0. The Morgan fingerprint density at radius 3 is 2.66 bits per heavy atom. The maximum absolute atomic E-state index is 11.8. The second kappa shape index (κ2) is 11.2. The van der Waals surface area contributed by atoms with Crippen molar-refractivity contribution in [2.75, 3.05) is 18.9 Å². The molecule has 4 rings (SSSR count). The molecule has 0 aliphatic carbocycles. The van der Waals surface area contributed by atoms with Crippen molar-refractivity contribution in [3.8, 4) is 20.9 Å². The van der Waals surface area contributed by atoms with Gasteiger partial charge in [-0.2, -0.15) is 0 Å². The Morgan fingerprint density at radius 2 is 1.89 bits per heavy atom. The van der Waals surface area contributed by atoms with Gasteiger partial charge in [0.15, 0.2) is 0 Å². The van der Waals surface area contributed by atoms with Gasteiger partial charge in [-0.3, -0.25) is 9.78 Å². The molecule has 2 aromatic carbocycles. The second-order valence-corrected chi connectivity index (χ2v) is 9.97. The molecule has 35 heavy (non-hydrogen) atoms. The maximum Gasteiger partial charge on any atom is 0.337 e. The van der Waals surface area contributed by atoms with E-state index < -0.39 is 0 Å². The van der Waals surface area contributed by atoms with E-state index in [1.165, 1.54) is 19.1 Å². The second-order valence-electron chi connectivity index (χ2n) is 8.01. The molecule has 0 spiro atoms. The van der Waals surface area contributed by atoms with Crippen LogP contribution in [0.5, 0.6) is 0 Å². The summed E-state index contributed by atoms with van der Waals surface area (Å²) in [6, 6.07) is 19.9. The smallest absolute Gasteiger partial charge is 0.337 e. The molecule has 6 nitrogen and oxygen atoms in total. The monoisotopic (exact) mass is 503 g/mol. The number of benzene rings is 2. The molecule has 0 atom stereocenters. The van der Waals surface area contributed by atoms with Crippen LogP contribution >= 0.6 is 23.3 Å². The minimum absolute atomic E-state index is 0.360. The van der Waals surface area contributed by atoms with Crippen LogP contribution in [0.25, 0.3) is 20.9 Å². The molecule has 0 unspecified atom stereocenters. The number of hydrogen-bond donors (Lipinski definition) is 1. The van der Waals surface area contributed by atoms with Crippen LogP contribution in [0.4, 0.5) is 5.69 Å². The Kier molecular flexibility index (Phi) is 7.84. The molecule has 8 heteroatoms. The number of hydrogen-bond acceptors (Lipinski definition) is 7. The lowest BCUT2D eigenvalue weighted by atomic mass is 10.0. The summed E-state index contributed by atoms with van der Waals surface area (Å²) >= 11 is 3.11. The molecule has 0 bridgehead atoms. The Balaban J connectivity index is 1.49. The fourth-order valence-corrected chi connectivity index (χ4v) is 5.17. The third-order valence-corrected chi connectivity index (χ3v) is 7.41. The predicted octanol–water partition coefficient (Wildman–Crippen LogP) is 6.28. The van der Waals surface area contributed by atoms with Gasteiger partial charge in [0.25, 0.3) is 0 Å². The number of aryl methyl sites for hydroxylation is 1. The zero-order valence-corrected chi connectivity index (χ0v) is 21.3. The summed E-state index contributed by atoms with van der Waals surface area (Å²) < 4.78 is 8.10. The number of anilines is 1. The Morgan fingerprint density at radius 1 is 1.09 bits per heavy atom. The van der Waals surface area contributed by atoms with E-state index in [1.807, 2.05) is 18.3 Å². The number of esters is 1. The number of thiophene rings is 1. The number of rotatable bonds is 9. The predicted molar refractivity (Wildman–Crippen MR) is 143 cm³/mol. The topological polar surface area (TPSA) is 71.5 Å². The molecule has 4 aromatic rings. The number of methoxy groups -OCH3 is 1. The average Bonchev–Trinajstić information content (AvgIpc) is 3.39. The summed E-state index contributed by atoms with van der Waals surface area (Å²) in [7, 11) is 3.15. The van der Waals surface area contributed by atoms with Crippen molar-refractivity contribution in [2.45, 2.75) is 18.4 Å². The molecule has 0 saturated carbocycles. The van der Waals surface area contributed by atoms with Crippen molar-refractivity contribution in [1.29, 1.82) is 0 Å². The molecule has 2 heterocycles. The number of amides is 1. The van der Waals surface area contributed by atoms with Crippen molar-refractivity contribution in [3.63, 3.8) is 0 Å². The lowest BCUT2D eigenvalue weighted by Gasteiger charge is -2.13. The van der Waals surface area contributed by atoms with E-state index in [2.05, 4.69) is 53.0 Å². The van der Waals surface area contributed by atoms with E-state index in [0.717, 1.165) is 49.0 Å². The Bertz CT molecular complexity index is 1350. The molecular formula is C27H25N3O3S2. The zero-order valence-electron chi connectivity index (χ0n) is 19.6. The Labute approximate surface area is 213 Å². The van der Waals surface area contributed by atoms with Crippen LogP contribution in [0, 0.1) is 6.92 Å². The van der Waals surface area contributed by atoms with Crippen molar-refractivity contribution < 1.29 is 14.3 Å². The summed E-state index contributed by atoms with van der Waals surface area (Å²) in [5.41, 5.74) is 5.81. The quantitative estimate of drug-likeness (QED) is 0.165. The van der Waals surface area contributed by atoms with E-state index in [0.29, 0.717) is 12.1 Å². The van der Waals surface area contributed by atoms with Crippen LogP contribution in [0.3, 0.4) is 0 Å². The molecule has 178 valence electrons. The molecule has 1 amide bonds. The molecule has 2 aromatic heterocycles. The first-order chi connectivity index (χ1) is 17.0. The third kappa shape index (κ3) is 6.09. The molecule has 0 saturated heterocycles. The van der Waals surface area contributed by atoms with E-state index >= 15 is 0 Å². The summed E-state index contributed by atoms with van der Waals surface area (Å²) in [5, 5.41) is 0. The van der Waals surface area contributed by atoms with Crippen LogP contribution in [0.1, 0.15) is 21.5 Å². The highest BCUT2D eigenvalue weighted by molar-refractivity contribution is 8.00. The van der Waals surface area contributed by atoms with Gasteiger partial charge in [0, 0.05) is 40.0 Å². The van der Waals surface area contributed by atoms with E-state index in [9.17, 15) is 9.59 Å². The van der Waals surface area contributed by atoms with Gasteiger partial charge in [0.2, 0.25) is 6.41 Å². The van der Waals surface area contributed by atoms with E-state index in [4.69, 9.17) is 4.74 Å². The van der Waals surface area contributed by atoms with Gasteiger partial charge in [0.1, 0.15) is 0 Å². The van der Waals surface area contributed by atoms with E-state index in [-0.39, 0.29) is 5.97 Å². The summed E-state index contributed by atoms with van der Waals surface area (Å²) in [5.74, 6) is -0.360. The molecular weight excluding hydrogens is 478 g/mol. The normalized spacial score (nSPS) is 10.6. The minimum Gasteiger partial charge on any atom is -0.465 e. The van der Waals surface area contributed by atoms with Gasteiger partial charge in [-0.25, -0.2) is 4.79 Å².